The van der Waals surface area contributed by atoms with Crippen LogP contribution in [0.25, 0.3) is 10.8 Å². The Morgan fingerprint density at radius 3 is 2.50 bits per heavy atom. The van der Waals surface area contributed by atoms with E-state index in [0.717, 1.165) is 10.8 Å². The van der Waals surface area contributed by atoms with Crippen molar-refractivity contribution in [3.63, 3.8) is 0 Å². The highest BCUT2D eigenvalue weighted by Crippen LogP contribution is 2.23. The average molecular weight is 406 g/mol. The van der Waals surface area contributed by atoms with Crippen molar-refractivity contribution < 1.29 is 23.9 Å². The predicted molar refractivity (Wildman–Crippen MR) is 113 cm³/mol. The number of amides is 2. The van der Waals surface area contributed by atoms with E-state index in [1.54, 1.807) is 30.3 Å². The smallest absolute Gasteiger partial charge is 0.326 e. The molecule has 0 aromatic heterocycles. The Morgan fingerprint density at radius 2 is 1.70 bits per heavy atom. The van der Waals surface area contributed by atoms with Crippen LogP contribution >= 0.6 is 0 Å². The van der Waals surface area contributed by atoms with E-state index in [4.69, 9.17) is 9.47 Å². The van der Waals surface area contributed by atoms with Crippen molar-refractivity contribution in [2.24, 2.45) is 0 Å². The van der Waals surface area contributed by atoms with E-state index in [1.807, 2.05) is 36.4 Å². The molecule has 0 saturated carbocycles. The van der Waals surface area contributed by atoms with Gasteiger partial charge in [0, 0.05) is 16.6 Å². The normalized spacial score (nSPS) is 11.4. The molecule has 0 saturated heterocycles. The van der Waals surface area contributed by atoms with Crippen molar-refractivity contribution in [2.75, 3.05) is 19.0 Å². The summed E-state index contributed by atoms with van der Waals surface area (Å²) in [6.07, 6.45) is -1.02. The summed E-state index contributed by atoms with van der Waals surface area (Å²) in [7, 11) is 1.50. The molecule has 0 fully saturated rings. The van der Waals surface area contributed by atoms with Crippen molar-refractivity contribution in [1.29, 1.82) is 0 Å². The molecular formula is C23H22N2O5. The van der Waals surface area contributed by atoms with Crippen LogP contribution < -0.4 is 15.4 Å². The number of nitrogens with one attached hydrogen (secondary N) is 2. The van der Waals surface area contributed by atoms with E-state index < -0.39 is 23.9 Å². The second-order valence-electron chi connectivity index (χ2n) is 6.56. The molecule has 0 aliphatic heterocycles. The van der Waals surface area contributed by atoms with Crippen molar-refractivity contribution in [3.05, 3.63) is 72.3 Å². The maximum absolute atomic E-state index is 12.4. The molecule has 3 aromatic carbocycles. The maximum Gasteiger partial charge on any atom is 0.326 e. The van der Waals surface area contributed by atoms with Crippen LogP contribution in [0.3, 0.4) is 0 Å². The molecular weight excluding hydrogens is 384 g/mol. The number of benzene rings is 3. The summed E-state index contributed by atoms with van der Waals surface area (Å²) < 4.78 is 10.2. The van der Waals surface area contributed by atoms with Gasteiger partial charge in [-0.15, -0.1) is 0 Å². The summed E-state index contributed by atoms with van der Waals surface area (Å²) in [6, 6.07) is 19.7. The lowest BCUT2D eigenvalue weighted by molar-refractivity contribution is -0.152. The van der Waals surface area contributed by atoms with Crippen LogP contribution in [0, 0.1) is 0 Å². The highest BCUT2D eigenvalue weighted by atomic mass is 16.5. The Morgan fingerprint density at radius 1 is 0.967 bits per heavy atom. The van der Waals surface area contributed by atoms with Crippen molar-refractivity contribution in [2.45, 2.75) is 13.0 Å². The minimum Gasteiger partial charge on any atom is -0.497 e. The first-order chi connectivity index (χ1) is 14.5. The zero-order chi connectivity index (χ0) is 21.5. The highest BCUT2D eigenvalue weighted by Gasteiger charge is 2.19. The molecule has 0 unspecified atom stereocenters. The molecule has 7 heteroatoms. The fourth-order valence-electron chi connectivity index (χ4n) is 2.88. The van der Waals surface area contributed by atoms with Crippen molar-refractivity contribution >= 4 is 34.2 Å². The van der Waals surface area contributed by atoms with Gasteiger partial charge in [0.15, 0.2) is 6.10 Å². The Kier molecular flexibility index (Phi) is 6.64. The highest BCUT2D eigenvalue weighted by molar-refractivity contribution is 6.04. The summed E-state index contributed by atoms with van der Waals surface area (Å²) in [5.41, 5.74) is 0.983. The van der Waals surface area contributed by atoms with Crippen LogP contribution in [0.5, 0.6) is 5.75 Å². The number of esters is 1. The molecule has 3 rings (SSSR count). The maximum atomic E-state index is 12.4. The van der Waals surface area contributed by atoms with Gasteiger partial charge >= 0.3 is 5.97 Å². The summed E-state index contributed by atoms with van der Waals surface area (Å²) >= 11 is 0. The number of carbonyl (C=O) groups excluding carboxylic acids is 3. The molecule has 3 aromatic rings. The summed E-state index contributed by atoms with van der Waals surface area (Å²) in [6.45, 7) is 1.12. The molecule has 30 heavy (non-hydrogen) atoms. The number of hydrogen-bond donors (Lipinski definition) is 2. The molecule has 154 valence electrons. The summed E-state index contributed by atoms with van der Waals surface area (Å²) in [5, 5.41) is 7.12. The number of rotatable bonds is 7. The van der Waals surface area contributed by atoms with Crippen LogP contribution in [0.15, 0.2) is 66.7 Å². The first kappa shape index (κ1) is 20.9. The van der Waals surface area contributed by atoms with Gasteiger partial charge in [0.05, 0.1) is 7.11 Å². The lowest BCUT2D eigenvalue weighted by Crippen LogP contribution is -2.35. The Hall–Kier alpha value is -3.87. The largest absolute Gasteiger partial charge is 0.497 e. The van der Waals surface area contributed by atoms with E-state index in [9.17, 15) is 14.4 Å². The van der Waals surface area contributed by atoms with Crippen LogP contribution in [0.2, 0.25) is 0 Å². The number of carbonyl (C=O) groups is 3. The summed E-state index contributed by atoms with van der Waals surface area (Å²) in [4.78, 5) is 36.6. The minimum atomic E-state index is -1.02. The Labute approximate surface area is 174 Å². The molecule has 0 aliphatic rings. The molecule has 0 aliphatic carbocycles. The third-order valence-electron chi connectivity index (χ3n) is 4.45. The number of fused-ring (bicyclic) bond motifs is 1. The van der Waals surface area contributed by atoms with E-state index >= 15 is 0 Å². The average Bonchev–Trinajstić information content (AvgIpc) is 2.77. The SMILES string of the molecule is COc1cccc(C(=O)NCC(=O)O[C@H](C)C(=O)Nc2cccc3ccccc23)c1. The van der Waals surface area contributed by atoms with E-state index in [1.165, 1.54) is 14.0 Å². The Bertz CT molecular complexity index is 1070. The lowest BCUT2D eigenvalue weighted by Gasteiger charge is -2.15. The van der Waals surface area contributed by atoms with Gasteiger partial charge in [0.1, 0.15) is 12.3 Å². The van der Waals surface area contributed by atoms with Gasteiger partial charge in [-0.25, -0.2) is 0 Å². The van der Waals surface area contributed by atoms with Crippen LogP contribution in [-0.2, 0) is 14.3 Å². The molecule has 7 nitrogen and oxygen atoms in total. The van der Waals surface area contributed by atoms with Gasteiger partial charge in [-0.05, 0) is 36.6 Å². The molecule has 0 bridgehead atoms. The third-order valence-corrected chi connectivity index (χ3v) is 4.45. The zero-order valence-electron chi connectivity index (χ0n) is 16.7. The first-order valence-corrected chi connectivity index (χ1v) is 9.38. The molecule has 1 atom stereocenters. The molecule has 2 amide bonds. The third kappa shape index (κ3) is 5.14. The number of ether oxygens (including phenoxy) is 2. The predicted octanol–water partition coefficient (Wildman–Crippen LogP) is 3.15. The topological polar surface area (TPSA) is 93.7 Å². The number of anilines is 1. The standard InChI is InChI=1S/C23H22N2O5/c1-15(22(27)25-20-12-6-8-16-7-3-4-11-19(16)20)30-21(26)14-24-23(28)17-9-5-10-18(13-17)29-2/h3-13,15H,14H2,1-2H3,(H,24,28)(H,25,27)/t15-/m1/s1. The monoisotopic (exact) mass is 406 g/mol. The second kappa shape index (κ2) is 9.56. The molecule has 0 heterocycles. The van der Waals surface area contributed by atoms with Crippen molar-refractivity contribution in [3.8, 4) is 5.75 Å². The fourth-order valence-corrected chi connectivity index (χ4v) is 2.88. The Balaban J connectivity index is 1.53. The zero-order valence-corrected chi connectivity index (χ0v) is 16.7. The lowest BCUT2D eigenvalue weighted by atomic mass is 10.1. The number of methoxy groups -OCH3 is 1. The van der Waals surface area contributed by atoms with Gasteiger partial charge in [-0.1, -0.05) is 42.5 Å². The van der Waals surface area contributed by atoms with Gasteiger partial charge in [0.2, 0.25) is 0 Å². The van der Waals surface area contributed by atoms with Gasteiger partial charge in [-0.2, -0.15) is 0 Å². The summed E-state index contributed by atoms with van der Waals surface area (Å²) in [5.74, 6) is -1.09. The van der Waals surface area contributed by atoms with Crippen molar-refractivity contribution in [1.82, 2.24) is 5.32 Å². The minimum absolute atomic E-state index is 0.351. The van der Waals surface area contributed by atoms with Gasteiger partial charge in [-0.3, -0.25) is 14.4 Å². The van der Waals surface area contributed by atoms with E-state index in [2.05, 4.69) is 10.6 Å². The van der Waals surface area contributed by atoms with E-state index in [-0.39, 0.29) is 6.54 Å². The first-order valence-electron chi connectivity index (χ1n) is 9.38. The van der Waals surface area contributed by atoms with Gasteiger partial charge in [0.25, 0.3) is 11.8 Å². The number of hydrogen-bond acceptors (Lipinski definition) is 5. The van der Waals surface area contributed by atoms with Crippen LogP contribution in [0.1, 0.15) is 17.3 Å². The molecule has 0 radical (unpaired) electrons. The fraction of sp³-hybridized carbons (Fsp3) is 0.174. The molecule has 0 spiro atoms. The van der Waals surface area contributed by atoms with Crippen LogP contribution in [-0.4, -0.2) is 37.5 Å². The van der Waals surface area contributed by atoms with E-state index in [0.29, 0.717) is 17.0 Å². The second-order valence-corrected chi connectivity index (χ2v) is 6.56. The van der Waals surface area contributed by atoms with Crippen LogP contribution in [0.4, 0.5) is 5.69 Å². The molecule has 2 N–H and O–H groups in total. The van der Waals surface area contributed by atoms with Gasteiger partial charge < -0.3 is 20.1 Å². The quantitative estimate of drug-likeness (QED) is 0.588.